The quantitative estimate of drug-likeness (QED) is 0.815. The highest BCUT2D eigenvalue weighted by atomic mass is 15.1. The van der Waals surface area contributed by atoms with Crippen molar-refractivity contribution in [2.75, 3.05) is 13.1 Å². The van der Waals surface area contributed by atoms with Crippen LogP contribution in [-0.2, 0) is 6.54 Å². The SMILES string of the molecule is CCC1(CC)CCN(Cc2ccccc2C#N)CC1. The summed E-state index contributed by atoms with van der Waals surface area (Å²) >= 11 is 0. The summed E-state index contributed by atoms with van der Waals surface area (Å²) < 4.78 is 0. The Hall–Kier alpha value is -1.33. The molecule has 2 nitrogen and oxygen atoms in total. The fourth-order valence-electron chi connectivity index (χ4n) is 3.15. The van der Waals surface area contributed by atoms with Gasteiger partial charge in [0.15, 0.2) is 0 Å². The highest BCUT2D eigenvalue weighted by Gasteiger charge is 2.31. The van der Waals surface area contributed by atoms with Crippen molar-refractivity contribution in [3.63, 3.8) is 0 Å². The Labute approximate surface area is 117 Å². The molecule has 1 aliphatic heterocycles. The van der Waals surface area contributed by atoms with Crippen LogP contribution in [0.4, 0.5) is 0 Å². The zero-order valence-electron chi connectivity index (χ0n) is 12.2. The molecule has 0 spiro atoms. The van der Waals surface area contributed by atoms with Gasteiger partial charge in [0.25, 0.3) is 0 Å². The lowest BCUT2D eigenvalue weighted by Gasteiger charge is -2.41. The summed E-state index contributed by atoms with van der Waals surface area (Å²) in [5, 5.41) is 9.14. The van der Waals surface area contributed by atoms with E-state index in [-0.39, 0.29) is 0 Å². The first-order valence-corrected chi connectivity index (χ1v) is 7.43. The van der Waals surface area contributed by atoms with E-state index in [0.29, 0.717) is 5.41 Å². The number of hydrogen-bond acceptors (Lipinski definition) is 2. The highest BCUT2D eigenvalue weighted by Crippen LogP contribution is 2.38. The maximum atomic E-state index is 9.14. The third-order valence-corrected chi connectivity index (χ3v) is 4.95. The van der Waals surface area contributed by atoms with Crippen LogP contribution in [0.1, 0.15) is 50.7 Å². The van der Waals surface area contributed by atoms with Crippen LogP contribution in [0.3, 0.4) is 0 Å². The molecule has 102 valence electrons. The number of likely N-dealkylation sites (tertiary alicyclic amines) is 1. The van der Waals surface area contributed by atoms with Crippen molar-refractivity contribution < 1.29 is 0 Å². The maximum absolute atomic E-state index is 9.14. The van der Waals surface area contributed by atoms with E-state index in [2.05, 4.69) is 30.9 Å². The predicted octanol–water partition coefficient (Wildman–Crippen LogP) is 3.96. The lowest BCUT2D eigenvalue weighted by atomic mass is 9.74. The first-order chi connectivity index (χ1) is 9.23. The molecule has 0 aromatic heterocycles. The molecule has 0 radical (unpaired) electrons. The third-order valence-electron chi connectivity index (χ3n) is 4.95. The molecule has 1 aromatic rings. The molecule has 0 N–H and O–H groups in total. The first kappa shape index (κ1) is 14.1. The van der Waals surface area contributed by atoms with Crippen LogP contribution < -0.4 is 0 Å². The molecule has 2 heteroatoms. The molecule has 0 saturated carbocycles. The molecule has 2 rings (SSSR count). The van der Waals surface area contributed by atoms with Gasteiger partial charge in [0, 0.05) is 6.54 Å². The van der Waals surface area contributed by atoms with E-state index in [4.69, 9.17) is 5.26 Å². The Kier molecular flexibility index (Phi) is 4.61. The largest absolute Gasteiger partial charge is 0.299 e. The third kappa shape index (κ3) is 3.16. The van der Waals surface area contributed by atoms with Gasteiger partial charge in [-0.15, -0.1) is 0 Å². The van der Waals surface area contributed by atoms with Crippen LogP contribution in [0, 0.1) is 16.7 Å². The average Bonchev–Trinajstić information content (AvgIpc) is 2.49. The van der Waals surface area contributed by atoms with Crippen molar-refractivity contribution in [1.29, 1.82) is 5.26 Å². The van der Waals surface area contributed by atoms with E-state index in [9.17, 15) is 0 Å². The van der Waals surface area contributed by atoms with Gasteiger partial charge in [-0.25, -0.2) is 0 Å². The summed E-state index contributed by atoms with van der Waals surface area (Å²) in [6.07, 6.45) is 5.20. The number of benzene rings is 1. The van der Waals surface area contributed by atoms with E-state index in [1.165, 1.54) is 44.3 Å². The number of piperidine rings is 1. The van der Waals surface area contributed by atoms with Gasteiger partial charge in [-0.1, -0.05) is 44.9 Å². The fraction of sp³-hybridized carbons (Fsp3) is 0.588. The first-order valence-electron chi connectivity index (χ1n) is 7.43. The van der Waals surface area contributed by atoms with E-state index >= 15 is 0 Å². The van der Waals surface area contributed by atoms with Crippen molar-refractivity contribution in [2.24, 2.45) is 5.41 Å². The summed E-state index contributed by atoms with van der Waals surface area (Å²) in [5.41, 5.74) is 2.57. The van der Waals surface area contributed by atoms with Crippen LogP contribution in [-0.4, -0.2) is 18.0 Å². The monoisotopic (exact) mass is 256 g/mol. The number of nitriles is 1. The average molecular weight is 256 g/mol. The Balaban J connectivity index is 1.98. The van der Waals surface area contributed by atoms with Crippen LogP contribution in [0.15, 0.2) is 24.3 Å². The van der Waals surface area contributed by atoms with Crippen molar-refractivity contribution in [2.45, 2.75) is 46.1 Å². The Morgan fingerprint density at radius 1 is 1.16 bits per heavy atom. The standard InChI is InChI=1S/C17H24N2/c1-3-17(4-2)9-11-19(12-10-17)14-16-8-6-5-7-15(16)13-18/h5-8H,3-4,9-12,14H2,1-2H3. The molecular formula is C17H24N2. The van der Waals surface area contributed by atoms with Gasteiger partial charge in [-0.2, -0.15) is 5.26 Å². The molecule has 0 amide bonds. The summed E-state index contributed by atoms with van der Waals surface area (Å²) in [7, 11) is 0. The molecule has 1 aliphatic rings. The van der Waals surface area contributed by atoms with E-state index in [1.807, 2.05) is 18.2 Å². The zero-order chi connectivity index (χ0) is 13.7. The summed E-state index contributed by atoms with van der Waals surface area (Å²) in [5.74, 6) is 0. The summed E-state index contributed by atoms with van der Waals surface area (Å²) in [4.78, 5) is 2.50. The zero-order valence-corrected chi connectivity index (χ0v) is 12.2. The molecule has 0 unspecified atom stereocenters. The molecule has 1 fully saturated rings. The molecule has 1 saturated heterocycles. The van der Waals surface area contributed by atoms with E-state index < -0.39 is 0 Å². The smallest absolute Gasteiger partial charge is 0.0995 e. The fourth-order valence-corrected chi connectivity index (χ4v) is 3.15. The van der Waals surface area contributed by atoms with E-state index in [1.54, 1.807) is 0 Å². The van der Waals surface area contributed by atoms with Crippen LogP contribution in [0.5, 0.6) is 0 Å². The molecule has 0 bridgehead atoms. The van der Waals surface area contributed by atoms with Crippen molar-refractivity contribution in [1.82, 2.24) is 4.90 Å². The van der Waals surface area contributed by atoms with Crippen molar-refractivity contribution in [3.8, 4) is 6.07 Å². The van der Waals surface area contributed by atoms with Crippen molar-refractivity contribution in [3.05, 3.63) is 35.4 Å². The molecule has 0 aliphatic carbocycles. The minimum absolute atomic E-state index is 0.575. The maximum Gasteiger partial charge on any atom is 0.0995 e. The topological polar surface area (TPSA) is 27.0 Å². The van der Waals surface area contributed by atoms with Crippen LogP contribution in [0.25, 0.3) is 0 Å². The van der Waals surface area contributed by atoms with Gasteiger partial charge in [0.1, 0.15) is 0 Å². The Bertz CT molecular complexity index is 445. The summed E-state index contributed by atoms with van der Waals surface area (Å²) in [6, 6.07) is 10.3. The number of rotatable bonds is 4. The second kappa shape index (κ2) is 6.21. The lowest BCUT2D eigenvalue weighted by molar-refractivity contribution is 0.0908. The second-order valence-corrected chi connectivity index (χ2v) is 5.75. The minimum Gasteiger partial charge on any atom is -0.299 e. The minimum atomic E-state index is 0.575. The predicted molar refractivity (Wildman–Crippen MR) is 78.7 cm³/mol. The summed E-state index contributed by atoms with van der Waals surface area (Å²) in [6.45, 7) is 7.91. The highest BCUT2D eigenvalue weighted by molar-refractivity contribution is 5.37. The Morgan fingerprint density at radius 2 is 1.79 bits per heavy atom. The van der Waals surface area contributed by atoms with Gasteiger partial charge in [-0.3, -0.25) is 4.90 Å². The van der Waals surface area contributed by atoms with E-state index in [0.717, 1.165) is 12.1 Å². The van der Waals surface area contributed by atoms with Gasteiger partial charge in [0.2, 0.25) is 0 Å². The molecule has 0 atom stereocenters. The molecule has 1 aromatic carbocycles. The number of nitrogens with zero attached hydrogens (tertiary/aromatic N) is 2. The molecule has 19 heavy (non-hydrogen) atoms. The second-order valence-electron chi connectivity index (χ2n) is 5.75. The number of hydrogen-bond donors (Lipinski definition) is 0. The lowest BCUT2D eigenvalue weighted by Crippen LogP contribution is -2.39. The van der Waals surface area contributed by atoms with Crippen molar-refractivity contribution >= 4 is 0 Å². The van der Waals surface area contributed by atoms with Crippen LogP contribution >= 0.6 is 0 Å². The van der Waals surface area contributed by atoms with Gasteiger partial charge >= 0.3 is 0 Å². The molecule has 1 heterocycles. The van der Waals surface area contributed by atoms with Gasteiger partial charge in [0.05, 0.1) is 11.6 Å². The van der Waals surface area contributed by atoms with Gasteiger partial charge in [-0.05, 0) is 43.0 Å². The normalized spacial score (nSPS) is 19.0. The van der Waals surface area contributed by atoms with Crippen LogP contribution in [0.2, 0.25) is 0 Å². The van der Waals surface area contributed by atoms with Gasteiger partial charge < -0.3 is 0 Å². The Morgan fingerprint density at radius 3 is 2.37 bits per heavy atom. The molecular weight excluding hydrogens is 232 g/mol.